The van der Waals surface area contributed by atoms with Crippen LogP contribution in [-0.4, -0.2) is 19.5 Å². The standard InChI is InChI=1S/C52H32N4/c1-3-14-34(15-4-1)49-53-50(35-16-5-2-6-17-35)55-51(54-49)36-28-26-33(27-29-36)37-30-31-43-41(32-37)38-18-7-9-21-42(38)52(43)44-22-10-12-25-47(44)56-46-24-11-8-19-39(46)40-20-13-23-45(52)48(40)56/h1-32H. The van der Waals surface area contributed by atoms with E-state index in [2.05, 4.69) is 138 Å². The predicted octanol–water partition coefficient (Wildman–Crippen LogP) is 12.3. The van der Waals surface area contributed by atoms with Gasteiger partial charge in [0.2, 0.25) is 0 Å². The molecule has 0 fully saturated rings. The first-order valence-electron chi connectivity index (χ1n) is 19.1. The number of hydrogen-bond donors (Lipinski definition) is 0. The van der Waals surface area contributed by atoms with Crippen molar-refractivity contribution >= 4 is 21.8 Å². The quantitative estimate of drug-likeness (QED) is 0.182. The van der Waals surface area contributed by atoms with Crippen LogP contribution in [0.25, 0.3) is 83.9 Å². The maximum atomic E-state index is 4.96. The summed E-state index contributed by atoms with van der Waals surface area (Å²) in [6.45, 7) is 0. The normalized spacial score (nSPS) is 14.9. The molecule has 1 aliphatic carbocycles. The first kappa shape index (κ1) is 31.0. The molecule has 0 N–H and O–H groups in total. The Kier molecular flexibility index (Phi) is 6.52. The summed E-state index contributed by atoms with van der Waals surface area (Å²) in [5.74, 6) is 1.96. The summed E-state index contributed by atoms with van der Waals surface area (Å²) >= 11 is 0. The number of benzene rings is 8. The number of fused-ring (bicyclic) bond motifs is 12. The summed E-state index contributed by atoms with van der Waals surface area (Å²) in [7, 11) is 0. The highest BCUT2D eigenvalue weighted by Gasteiger charge is 2.50. The van der Waals surface area contributed by atoms with Crippen LogP contribution in [0, 0.1) is 0 Å². The van der Waals surface area contributed by atoms with Gasteiger partial charge in [0.25, 0.3) is 0 Å². The van der Waals surface area contributed by atoms with Gasteiger partial charge in [-0.25, -0.2) is 15.0 Å². The molecule has 12 rings (SSSR count). The SMILES string of the molecule is c1ccc(-c2nc(-c3ccccc3)nc(-c3ccc(-c4ccc5c(c4)-c4ccccc4C54c5ccccc5-n5c6ccccc6c6cccc4c65)cc3)n2)cc1. The van der Waals surface area contributed by atoms with E-state index < -0.39 is 5.41 Å². The van der Waals surface area contributed by atoms with Gasteiger partial charge < -0.3 is 4.57 Å². The molecule has 0 bridgehead atoms. The van der Waals surface area contributed by atoms with E-state index in [1.807, 2.05) is 60.7 Å². The van der Waals surface area contributed by atoms with E-state index in [0.29, 0.717) is 17.5 Å². The molecule has 1 spiro atoms. The van der Waals surface area contributed by atoms with E-state index in [1.54, 1.807) is 0 Å². The predicted molar refractivity (Wildman–Crippen MR) is 227 cm³/mol. The Balaban J connectivity index is 1.01. The highest BCUT2D eigenvalue weighted by Crippen LogP contribution is 2.61. The molecule has 260 valence electrons. The molecule has 0 amide bonds. The van der Waals surface area contributed by atoms with Crippen molar-refractivity contribution in [3.63, 3.8) is 0 Å². The van der Waals surface area contributed by atoms with Gasteiger partial charge in [-0.1, -0.05) is 176 Å². The first-order chi connectivity index (χ1) is 27.8. The summed E-state index contributed by atoms with van der Waals surface area (Å²) in [6, 6.07) is 69.7. The second-order valence-corrected chi connectivity index (χ2v) is 14.7. The summed E-state index contributed by atoms with van der Waals surface area (Å²) in [6.07, 6.45) is 0. The van der Waals surface area contributed by atoms with Gasteiger partial charge >= 0.3 is 0 Å². The summed E-state index contributed by atoms with van der Waals surface area (Å²) in [5.41, 5.74) is 16.3. The minimum Gasteiger partial charge on any atom is -0.309 e. The van der Waals surface area contributed by atoms with Crippen molar-refractivity contribution in [2.24, 2.45) is 0 Å². The Labute approximate surface area is 324 Å². The minimum atomic E-state index is -0.458. The van der Waals surface area contributed by atoms with Gasteiger partial charge in [0, 0.05) is 27.5 Å². The van der Waals surface area contributed by atoms with Crippen LogP contribution in [0.5, 0.6) is 0 Å². The molecule has 2 aromatic heterocycles. The molecule has 0 saturated carbocycles. The van der Waals surface area contributed by atoms with Gasteiger partial charge in [-0.2, -0.15) is 0 Å². The monoisotopic (exact) mass is 712 g/mol. The molecular formula is C52H32N4. The molecular weight excluding hydrogens is 681 g/mol. The molecule has 4 nitrogen and oxygen atoms in total. The van der Waals surface area contributed by atoms with Crippen LogP contribution in [0.1, 0.15) is 22.3 Å². The van der Waals surface area contributed by atoms with E-state index in [1.165, 1.54) is 66.4 Å². The van der Waals surface area contributed by atoms with Crippen LogP contribution in [0.4, 0.5) is 0 Å². The topological polar surface area (TPSA) is 43.6 Å². The van der Waals surface area contributed by atoms with E-state index in [4.69, 9.17) is 15.0 Å². The van der Waals surface area contributed by atoms with Crippen molar-refractivity contribution in [2.45, 2.75) is 5.41 Å². The number of rotatable bonds is 4. The third-order valence-corrected chi connectivity index (χ3v) is 11.9. The molecule has 0 saturated heterocycles. The average Bonchev–Trinajstić information content (AvgIpc) is 3.77. The highest BCUT2D eigenvalue weighted by molar-refractivity contribution is 6.12. The largest absolute Gasteiger partial charge is 0.309 e. The molecule has 8 aromatic carbocycles. The fourth-order valence-electron chi connectivity index (χ4n) is 9.50. The Hall–Kier alpha value is -7.43. The van der Waals surface area contributed by atoms with Gasteiger partial charge in [-0.05, 0) is 62.7 Å². The zero-order valence-corrected chi connectivity index (χ0v) is 30.3. The summed E-state index contributed by atoms with van der Waals surface area (Å²) in [5, 5.41) is 2.57. The van der Waals surface area contributed by atoms with Crippen molar-refractivity contribution in [3.8, 4) is 62.1 Å². The second kappa shape index (κ2) is 11.8. The van der Waals surface area contributed by atoms with Crippen molar-refractivity contribution in [2.75, 3.05) is 0 Å². The van der Waals surface area contributed by atoms with E-state index in [0.717, 1.165) is 22.3 Å². The van der Waals surface area contributed by atoms with Crippen molar-refractivity contribution in [1.82, 2.24) is 19.5 Å². The third kappa shape index (κ3) is 4.27. The Morgan fingerprint density at radius 2 is 0.857 bits per heavy atom. The molecule has 4 heteroatoms. The summed E-state index contributed by atoms with van der Waals surface area (Å²) < 4.78 is 2.50. The fraction of sp³-hybridized carbons (Fsp3) is 0.0192. The van der Waals surface area contributed by atoms with E-state index in [-0.39, 0.29) is 0 Å². The van der Waals surface area contributed by atoms with Gasteiger partial charge in [0.1, 0.15) is 0 Å². The minimum absolute atomic E-state index is 0.458. The number of nitrogens with zero attached hydrogens (tertiary/aromatic N) is 4. The lowest BCUT2D eigenvalue weighted by atomic mass is 9.65. The first-order valence-corrected chi connectivity index (χ1v) is 19.1. The van der Waals surface area contributed by atoms with Crippen LogP contribution < -0.4 is 0 Å². The van der Waals surface area contributed by atoms with Crippen LogP contribution in [0.15, 0.2) is 194 Å². The molecule has 3 heterocycles. The zero-order valence-electron chi connectivity index (χ0n) is 30.3. The molecule has 1 aliphatic heterocycles. The highest BCUT2D eigenvalue weighted by atomic mass is 15.0. The zero-order chi connectivity index (χ0) is 36.8. The maximum Gasteiger partial charge on any atom is 0.164 e. The van der Waals surface area contributed by atoms with Gasteiger partial charge in [0.05, 0.1) is 22.1 Å². The van der Waals surface area contributed by atoms with E-state index in [9.17, 15) is 0 Å². The third-order valence-electron chi connectivity index (χ3n) is 11.9. The van der Waals surface area contributed by atoms with Crippen LogP contribution >= 0.6 is 0 Å². The van der Waals surface area contributed by atoms with Crippen LogP contribution in [-0.2, 0) is 5.41 Å². The van der Waals surface area contributed by atoms with Crippen LogP contribution in [0.3, 0.4) is 0 Å². The lowest BCUT2D eigenvalue weighted by Gasteiger charge is -2.39. The molecule has 2 aliphatic rings. The van der Waals surface area contributed by atoms with Gasteiger partial charge in [-0.3, -0.25) is 0 Å². The molecule has 1 atom stereocenters. The van der Waals surface area contributed by atoms with Crippen molar-refractivity contribution in [1.29, 1.82) is 0 Å². The van der Waals surface area contributed by atoms with Gasteiger partial charge in [0.15, 0.2) is 17.5 Å². The lowest BCUT2D eigenvalue weighted by Crippen LogP contribution is -2.33. The molecule has 1 unspecified atom stereocenters. The van der Waals surface area contributed by atoms with Gasteiger partial charge in [-0.15, -0.1) is 0 Å². The number of aromatic nitrogens is 4. The number of para-hydroxylation sites is 3. The maximum absolute atomic E-state index is 4.96. The lowest BCUT2D eigenvalue weighted by molar-refractivity contribution is 0.748. The second-order valence-electron chi connectivity index (χ2n) is 14.7. The Bertz CT molecular complexity index is 3120. The molecule has 0 radical (unpaired) electrons. The molecule has 56 heavy (non-hydrogen) atoms. The van der Waals surface area contributed by atoms with E-state index >= 15 is 0 Å². The Morgan fingerprint density at radius 1 is 0.339 bits per heavy atom. The fourth-order valence-corrected chi connectivity index (χ4v) is 9.50. The van der Waals surface area contributed by atoms with Crippen molar-refractivity contribution < 1.29 is 0 Å². The smallest absolute Gasteiger partial charge is 0.164 e. The molecule has 10 aromatic rings. The number of hydrogen-bond acceptors (Lipinski definition) is 3. The summed E-state index contributed by atoms with van der Waals surface area (Å²) in [4.78, 5) is 14.8. The average molecular weight is 713 g/mol. The van der Waals surface area contributed by atoms with Crippen LogP contribution in [0.2, 0.25) is 0 Å². The van der Waals surface area contributed by atoms with Crippen molar-refractivity contribution in [3.05, 3.63) is 216 Å². The Morgan fingerprint density at radius 3 is 1.59 bits per heavy atom.